The lowest BCUT2D eigenvalue weighted by molar-refractivity contribution is 0.201. The number of pyridine rings is 2. The number of rotatable bonds is 5. The molecule has 3 heterocycles. The van der Waals surface area contributed by atoms with Gasteiger partial charge in [-0.1, -0.05) is 36.4 Å². The van der Waals surface area contributed by atoms with Gasteiger partial charge in [-0.15, -0.1) is 0 Å². The Hall–Kier alpha value is -2.52. The number of benzene rings is 1. The first-order chi connectivity index (χ1) is 13.3. The smallest absolute Gasteiger partial charge is 0.0543 e. The summed E-state index contributed by atoms with van der Waals surface area (Å²) >= 11 is 0. The van der Waals surface area contributed by atoms with Gasteiger partial charge in [0.25, 0.3) is 0 Å². The van der Waals surface area contributed by atoms with E-state index >= 15 is 0 Å². The number of aryl methyl sites for hydroxylation is 1. The van der Waals surface area contributed by atoms with E-state index in [2.05, 4.69) is 71.4 Å². The summed E-state index contributed by atoms with van der Waals surface area (Å²) in [6.45, 7) is 5.36. The Balaban J connectivity index is 1.38. The van der Waals surface area contributed by atoms with Gasteiger partial charge in [0.2, 0.25) is 0 Å². The number of likely N-dealkylation sites (tertiary alicyclic amines) is 1. The van der Waals surface area contributed by atoms with Gasteiger partial charge in [-0.2, -0.15) is 0 Å². The number of hydrogen-bond acceptors (Lipinski definition) is 3. The second-order valence-electron chi connectivity index (χ2n) is 7.53. The summed E-state index contributed by atoms with van der Waals surface area (Å²) in [5, 5.41) is 0. The van der Waals surface area contributed by atoms with Crippen LogP contribution in [-0.4, -0.2) is 28.0 Å². The van der Waals surface area contributed by atoms with E-state index < -0.39 is 0 Å². The van der Waals surface area contributed by atoms with Crippen LogP contribution in [0.15, 0.2) is 66.9 Å². The molecule has 3 aromatic rings. The Bertz CT molecular complexity index is 868. The van der Waals surface area contributed by atoms with Crippen LogP contribution in [0, 0.1) is 6.92 Å². The van der Waals surface area contributed by atoms with E-state index in [1.807, 2.05) is 12.3 Å². The fourth-order valence-corrected chi connectivity index (χ4v) is 3.94. The molecular weight excluding hydrogens is 330 g/mol. The van der Waals surface area contributed by atoms with E-state index in [0.29, 0.717) is 5.92 Å². The number of aromatic nitrogens is 2. The summed E-state index contributed by atoms with van der Waals surface area (Å²) < 4.78 is 0. The molecule has 1 saturated heterocycles. The Kier molecular flexibility index (Phi) is 5.59. The lowest BCUT2D eigenvalue weighted by Crippen LogP contribution is -2.33. The molecule has 0 bridgehead atoms. The summed E-state index contributed by atoms with van der Waals surface area (Å²) in [6, 6.07) is 21.3. The monoisotopic (exact) mass is 357 g/mol. The Morgan fingerprint density at radius 1 is 0.889 bits per heavy atom. The minimum absolute atomic E-state index is 0.571. The van der Waals surface area contributed by atoms with Crippen molar-refractivity contribution < 1.29 is 0 Å². The predicted molar refractivity (Wildman–Crippen MR) is 110 cm³/mol. The summed E-state index contributed by atoms with van der Waals surface area (Å²) in [5.74, 6) is 0.571. The maximum atomic E-state index is 5.01. The van der Waals surface area contributed by atoms with Gasteiger partial charge in [0, 0.05) is 36.5 Å². The second-order valence-corrected chi connectivity index (χ2v) is 7.53. The van der Waals surface area contributed by atoms with Crippen LogP contribution in [0.4, 0.5) is 0 Å². The van der Waals surface area contributed by atoms with Crippen molar-refractivity contribution in [2.24, 2.45) is 0 Å². The minimum Gasteiger partial charge on any atom is -0.297 e. The fourth-order valence-electron chi connectivity index (χ4n) is 3.94. The van der Waals surface area contributed by atoms with Gasteiger partial charge in [0.05, 0.1) is 5.69 Å². The molecule has 0 aliphatic carbocycles. The molecule has 1 aromatic carbocycles. The second kappa shape index (κ2) is 8.45. The molecular formula is C24H27N3. The third-order valence-electron chi connectivity index (χ3n) is 5.58. The molecule has 1 aliphatic rings. The van der Waals surface area contributed by atoms with Crippen LogP contribution in [0.2, 0.25) is 0 Å². The largest absolute Gasteiger partial charge is 0.297 e. The van der Waals surface area contributed by atoms with Gasteiger partial charge in [-0.05, 0) is 68.2 Å². The van der Waals surface area contributed by atoms with Gasteiger partial charge < -0.3 is 0 Å². The molecule has 0 amide bonds. The van der Waals surface area contributed by atoms with Crippen molar-refractivity contribution in [3.63, 3.8) is 0 Å². The minimum atomic E-state index is 0.571. The highest BCUT2D eigenvalue weighted by atomic mass is 15.1. The van der Waals surface area contributed by atoms with Gasteiger partial charge in [0.15, 0.2) is 0 Å². The SMILES string of the molecule is Cc1ccccc1Cc1cccc(C2CCN(Cc3ccccn3)CC2)n1. The molecule has 0 radical (unpaired) electrons. The number of piperidine rings is 1. The first-order valence-corrected chi connectivity index (χ1v) is 9.90. The van der Waals surface area contributed by atoms with Crippen molar-refractivity contribution in [1.29, 1.82) is 0 Å². The third kappa shape index (κ3) is 4.61. The van der Waals surface area contributed by atoms with Crippen LogP contribution >= 0.6 is 0 Å². The summed E-state index contributed by atoms with van der Waals surface area (Å²) in [6.07, 6.45) is 5.15. The van der Waals surface area contributed by atoms with Crippen molar-refractivity contribution in [2.75, 3.05) is 13.1 Å². The van der Waals surface area contributed by atoms with Gasteiger partial charge >= 0.3 is 0 Å². The van der Waals surface area contributed by atoms with Crippen molar-refractivity contribution in [3.8, 4) is 0 Å². The normalized spacial score (nSPS) is 15.7. The highest BCUT2D eigenvalue weighted by Crippen LogP contribution is 2.27. The van der Waals surface area contributed by atoms with Crippen molar-refractivity contribution >= 4 is 0 Å². The first-order valence-electron chi connectivity index (χ1n) is 9.90. The van der Waals surface area contributed by atoms with E-state index in [1.165, 1.54) is 35.4 Å². The van der Waals surface area contributed by atoms with Crippen LogP contribution in [0.5, 0.6) is 0 Å². The number of hydrogen-bond donors (Lipinski definition) is 0. The van der Waals surface area contributed by atoms with Crippen molar-refractivity contribution in [1.82, 2.24) is 14.9 Å². The quantitative estimate of drug-likeness (QED) is 0.659. The zero-order valence-electron chi connectivity index (χ0n) is 16.0. The van der Waals surface area contributed by atoms with Gasteiger partial charge in [0.1, 0.15) is 0 Å². The average molecular weight is 358 g/mol. The third-order valence-corrected chi connectivity index (χ3v) is 5.58. The maximum absolute atomic E-state index is 5.01. The molecule has 2 aromatic heterocycles. The van der Waals surface area contributed by atoms with E-state index in [9.17, 15) is 0 Å². The van der Waals surface area contributed by atoms with Crippen molar-refractivity contribution in [2.45, 2.75) is 38.6 Å². The van der Waals surface area contributed by atoms with Crippen LogP contribution in [-0.2, 0) is 13.0 Å². The van der Waals surface area contributed by atoms with Gasteiger partial charge in [-0.25, -0.2) is 0 Å². The Labute approximate surface area is 162 Å². The molecule has 3 heteroatoms. The lowest BCUT2D eigenvalue weighted by Gasteiger charge is -2.31. The van der Waals surface area contributed by atoms with E-state index in [-0.39, 0.29) is 0 Å². The summed E-state index contributed by atoms with van der Waals surface area (Å²) in [4.78, 5) is 12.0. The highest BCUT2D eigenvalue weighted by Gasteiger charge is 2.22. The average Bonchev–Trinajstić information content (AvgIpc) is 2.71. The molecule has 0 unspecified atom stereocenters. The summed E-state index contributed by atoms with van der Waals surface area (Å²) in [5.41, 5.74) is 6.31. The zero-order valence-corrected chi connectivity index (χ0v) is 16.0. The standard InChI is InChI=1S/C24H27N3/c1-19-7-2-3-8-21(19)17-22-10-6-11-24(26-22)20-12-15-27(16-13-20)18-23-9-4-5-14-25-23/h2-11,14,20H,12-13,15-18H2,1H3. The maximum Gasteiger partial charge on any atom is 0.0543 e. The zero-order chi connectivity index (χ0) is 18.5. The molecule has 4 rings (SSSR count). The molecule has 0 spiro atoms. The molecule has 0 atom stereocenters. The van der Waals surface area contributed by atoms with Crippen LogP contribution in [0.25, 0.3) is 0 Å². The molecule has 0 saturated carbocycles. The molecule has 138 valence electrons. The molecule has 0 N–H and O–H groups in total. The highest BCUT2D eigenvalue weighted by molar-refractivity contribution is 5.30. The predicted octanol–water partition coefficient (Wildman–Crippen LogP) is 4.76. The Morgan fingerprint density at radius 3 is 2.44 bits per heavy atom. The molecule has 1 aliphatic heterocycles. The van der Waals surface area contributed by atoms with E-state index in [1.54, 1.807) is 0 Å². The van der Waals surface area contributed by atoms with E-state index in [4.69, 9.17) is 4.98 Å². The molecule has 27 heavy (non-hydrogen) atoms. The van der Waals surface area contributed by atoms with Crippen LogP contribution < -0.4 is 0 Å². The summed E-state index contributed by atoms with van der Waals surface area (Å²) in [7, 11) is 0. The Morgan fingerprint density at radius 2 is 1.67 bits per heavy atom. The fraction of sp³-hybridized carbons (Fsp3) is 0.333. The van der Waals surface area contributed by atoms with Crippen LogP contribution in [0.1, 0.15) is 47.0 Å². The topological polar surface area (TPSA) is 29.0 Å². The number of nitrogens with zero attached hydrogens (tertiary/aromatic N) is 3. The molecule has 3 nitrogen and oxygen atoms in total. The van der Waals surface area contributed by atoms with Crippen molar-refractivity contribution in [3.05, 3.63) is 95.1 Å². The first kappa shape index (κ1) is 17.9. The van der Waals surface area contributed by atoms with Gasteiger partial charge in [-0.3, -0.25) is 14.9 Å². The lowest BCUT2D eigenvalue weighted by atomic mass is 9.92. The van der Waals surface area contributed by atoms with Crippen LogP contribution in [0.3, 0.4) is 0 Å². The van der Waals surface area contributed by atoms with E-state index in [0.717, 1.165) is 31.7 Å². The molecule has 1 fully saturated rings.